The standard InChI is InChI=1S/C23H28N2O3/c1-15-6-11-19(20(14-15)25-12-4-3-5-13-25)16(2)21(22(24)26)17-7-9-18(10-8-17)23(27)28/h6-11,14,16,21H,3-5,12-13H2,1-2H3,(H2,24,26)(H,27,28). The highest BCUT2D eigenvalue weighted by atomic mass is 16.4. The largest absolute Gasteiger partial charge is 0.478 e. The fourth-order valence-corrected chi connectivity index (χ4v) is 4.16. The van der Waals surface area contributed by atoms with Gasteiger partial charge in [0, 0.05) is 18.8 Å². The topological polar surface area (TPSA) is 83.6 Å². The van der Waals surface area contributed by atoms with Crippen LogP contribution in [0.15, 0.2) is 42.5 Å². The molecule has 0 aromatic heterocycles. The molecule has 0 spiro atoms. The molecule has 5 nitrogen and oxygen atoms in total. The van der Waals surface area contributed by atoms with E-state index in [9.17, 15) is 9.59 Å². The summed E-state index contributed by atoms with van der Waals surface area (Å²) in [6, 6.07) is 12.8. The van der Waals surface area contributed by atoms with Gasteiger partial charge >= 0.3 is 5.97 Å². The van der Waals surface area contributed by atoms with Crippen LogP contribution < -0.4 is 10.6 Å². The van der Waals surface area contributed by atoms with Gasteiger partial charge in [0.1, 0.15) is 0 Å². The quantitative estimate of drug-likeness (QED) is 0.792. The van der Waals surface area contributed by atoms with Crippen LogP contribution in [0.4, 0.5) is 5.69 Å². The first-order valence-corrected chi connectivity index (χ1v) is 9.86. The SMILES string of the molecule is Cc1ccc(C(C)C(C(N)=O)c2ccc(C(=O)O)cc2)c(N2CCCCC2)c1. The van der Waals surface area contributed by atoms with Gasteiger partial charge in [0.2, 0.25) is 5.91 Å². The minimum atomic E-state index is -0.985. The Kier molecular flexibility index (Phi) is 6.02. The van der Waals surface area contributed by atoms with Gasteiger partial charge in [-0.25, -0.2) is 4.79 Å². The third kappa shape index (κ3) is 4.19. The van der Waals surface area contributed by atoms with Crippen molar-refractivity contribution in [2.24, 2.45) is 5.73 Å². The number of nitrogens with two attached hydrogens (primary N) is 1. The summed E-state index contributed by atoms with van der Waals surface area (Å²) in [5.74, 6) is -2.03. The normalized spacial score (nSPS) is 16.4. The van der Waals surface area contributed by atoms with Gasteiger partial charge < -0.3 is 15.7 Å². The first kappa shape index (κ1) is 19.9. The van der Waals surface area contributed by atoms with Gasteiger partial charge in [0.25, 0.3) is 0 Å². The van der Waals surface area contributed by atoms with Crippen LogP contribution in [0.5, 0.6) is 0 Å². The molecule has 3 N–H and O–H groups in total. The van der Waals surface area contributed by atoms with E-state index >= 15 is 0 Å². The van der Waals surface area contributed by atoms with Gasteiger partial charge in [-0.05, 0) is 67.0 Å². The molecule has 1 saturated heterocycles. The number of aryl methyl sites for hydroxylation is 1. The molecule has 0 saturated carbocycles. The number of carbonyl (C=O) groups is 2. The highest BCUT2D eigenvalue weighted by molar-refractivity contribution is 5.88. The molecular formula is C23H28N2O3. The van der Waals surface area contributed by atoms with Crippen molar-refractivity contribution in [2.45, 2.75) is 44.9 Å². The average molecular weight is 380 g/mol. The van der Waals surface area contributed by atoms with Crippen LogP contribution in [0.3, 0.4) is 0 Å². The molecule has 1 aliphatic heterocycles. The third-order valence-corrected chi connectivity index (χ3v) is 5.70. The minimum Gasteiger partial charge on any atom is -0.478 e. The molecule has 2 unspecified atom stereocenters. The van der Waals surface area contributed by atoms with Crippen LogP contribution in [-0.4, -0.2) is 30.1 Å². The average Bonchev–Trinajstić information content (AvgIpc) is 2.68. The van der Waals surface area contributed by atoms with Crippen LogP contribution in [0, 0.1) is 6.92 Å². The van der Waals surface area contributed by atoms with Crippen molar-refractivity contribution in [3.8, 4) is 0 Å². The molecule has 2 aromatic carbocycles. The maximum absolute atomic E-state index is 12.4. The molecule has 0 radical (unpaired) electrons. The molecule has 1 fully saturated rings. The van der Waals surface area contributed by atoms with Crippen molar-refractivity contribution >= 4 is 17.6 Å². The number of aromatic carboxylic acids is 1. The molecule has 148 valence electrons. The van der Waals surface area contributed by atoms with Gasteiger partial charge in [0.15, 0.2) is 0 Å². The highest BCUT2D eigenvalue weighted by Gasteiger charge is 2.29. The summed E-state index contributed by atoms with van der Waals surface area (Å²) >= 11 is 0. The predicted molar refractivity (Wildman–Crippen MR) is 111 cm³/mol. The lowest BCUT2D eigenvalue weighted by Crippen LogP contribution is -2.32. The van der Waals surface area contributed by atoms with E-state index in [2.05, 4.69) is 30.0 Å². The first-order valence-electron chi connectivity index (χ1n) is 9.86. The molecule has 3 rings (SSSR count). The molecular weight excluding hydrogens is 352 g/mol. The van der Waals surface area contributed by atoms with E-state index in [-0.39, 0.29) is 11.5 Å². The summed E-state index contributed by atoms with van der Waals surface area (Å²) < 4.78 is 0. The lowest BCUT2D eigenvalue weighted by Gasteiger charge is -2.33. The van der Waals surface area contributed by atoms with E-state index in [1.165, 1.54) is 42.6 Å². The number of benzene rings is 2. The molecule has 0 bridgehead atoms. The van der Waals surface area contributed by atoms with E-state index in [1.54, 1.807) is 12.1 Å². The second-order valence-electron chi connectivity index (χ2n) is 7.71. The number of hydrogen-bond acceptors (Lipinski definition) is 3. The molecule has 28 heavy (non-hydrogen) atoms. The van der Waals surface area contributed by atoms with Crippen LogP contribution in [0.1, 0.15) is 65.1 Å². The van der Waals surface area contributed by atoms with Crippen molar-refractivity contribution in [3.63, 3.8) is 0 Å². The smallest absolute Gasteiger partial charge is 0.335 e. The van der Waals surface area contributed by atoms with Crippen LogP contribution >= 0.6 is 0 Å². The lowest BCUT2D eigenvalue weighted by molar-refractivity contribution is -0.119. The van der Waals surface area contributed by atoms with E-state index in [0.29, 0.717) is 0 Å². The summed E-state index contributed by atoms with van der Waals surface area (Å²) in [5.41, 5.74) is 10.2. The highest BCUT2D eigenvalue weighted by Crippen LogP contribution is 2.39. The summed E-state index contributed by atoms with van der Waals surface area (Å²) in [6.07, 6.45) is 3.61. The predicted octanol–water partition coefficient (Wildman–Crippen LogP) is 4.06. The molecule has 1 amide bonds. The summed E-state index contributed by atoms with van der Waals surface area (Å²) in [4.78, 5) is 25.9. The number of amides is 1. The molecule has 5 heteroatoms. The number of piperidine rings is 1. The number of rotatable bonds is 6. The van der Waals surface area contributed by atoms with Gasteiger partial charge in [-0.3, -0.25) is 4.79 Å². The lowest BCUT2D eigenvalue weighted by atomic mass is 9.80. The second-order valence-corrected chi connectivity index (χ2v) is 7.71. The fourth-order valence-electron chi connectivity index (χ4n) is 4.16. The van der Waals surface area contributed by atoms with Crippen LogP contribution in [-0.2, 0) is 4.79 Å². The van der Waals surface area contributed by atoms with Gasteiger partial charge in [0.05, 0.1) is 11.5 Å². The number of carboxylic acid groups (broad SMARTS) is 1. The summed E-state index contributed by atoms with van der Waals surface area (Å²) in [6.45, 7) is 6.16. The summed E-state index contributed by atoms with van der Waals surface area (Å²) in [7, 11) is 0. The third-order valence-electron chi connectivity index (χ3n) is 5.70. The molecule has 1 heterocycles. The van der Waals surface area contributed by atoms with E-state index < -0.39 is 17.8 Å². The fraction of sp³-hybridized carbons (Fsp3) is 0.391. The monoisotopic (exact) mass is 380 g/mol. The van der Waals surface area contributed by atoms with Gasteiger partial charge in [-0.1, -0.05) is 31.2 Å². The number of primary amides is 1. The number of carboxylic acids is 1. The Morgan fingerprint density at radius 1 is 1.04 bits per heavy atom. The summed E-state index contributed by atoms with van der Waals surface area (Å²) in [5, 5.41) is 9.12. The molecule has 0 aliphatic carbocycles. The number of hydrogen-bond donors (Lipinski definition) is 2. The van der Waals surface area contributed by atoms with Crippen molar-refractivity contribution in [2.75, 3.05) is 18.0 Å². The Hall–Kier alpha value is -2.82. The zero-order valence-electron chi connectivity index (χ0n) is 16.5. The maximum Gasteiger partial charge on any atom is 0.335 e. The van der Waals surface area contributed by atoms with E-state index in [1.807, 2.05) is 6.92 Å². The van der Waals surface area contributed by atoms with Crippen LogP contribution in [0.2, 0.25) is 0 Å². The number of nitrogens with zero attached hydrogens (tertiary/aromatic N) is 1. The second kappa shape index (κ2) is 8.46. The van der Waals surface area contributed by atoms with Crippen LogP contribution in [0.25, 0.3) is 0 Å². The van der Waals surface area contributed by atoms with Crippen molar-refractivity contribution in [1.29, 1.82) is 0 Å². The minimum absolute atomic E-state index is 0.120. The zero-order chi connectivity index (χ0) is 20.3. The van der Waals surface area contributed by atoms with Gasteiger partial charge in [-0.15, -0.1) is 0 Å². The Labute approximate surface area is 166 Å². The zero-order valence-corrected chi connectivity index (χ0v) is 16.5. The Bertz CT molecular complexity index is 855. The van der Waals surface area contributed by atoms with Gasteiger partial charge in [-0.2, -0.15) is 0 Å². The van der Waals surface area contributed by atoms with E-state index in [4.69, 9.17) is 10.8 Å². The Morgan fingerprint density at radius 2 is 1.68 bits per heavy atom. The maximum atomic E-state index is 12.4. The van der Waals surface area contributed by atoms with Crippen molar-refractivity contribution in [3.05, 3.63) is 64.7 Å². The number of anilines is 1. The Balaban J connectivity index is 1.98. The Morgan fingerprint density at radius 3 is 2.25 bits per heavy atom. The van der Waals surface area contributed by atoms with Crippen molar-refractivity contribution in [1.82, 2.24) is 0 Å². The number of carbonyl (C=O) groups excluding carboxylic acids is 1. The van der Waals surface area contributed by atoms with E-state index in [0.717, 1.165) is 24.2 Å². The van der Waals surface area contributed by atoms with Crippen molar-refractivity contribution < 1.29 is 14.7 Å². The first-order chi connectivity index (χ1) is 13.4. The molecule has 2 atom stereocenters. The molecule has 2 aromatic rings. The molecule has 1 aliphatic rings.